The number of nitrogens with one attached hydrogen (secondary N) is 2. The van der Waals surface area contributed by atoms with Crippen LogP contribution in [-0.2, 0) is 14.8 Å². The summed E-state index contributed by atoms with van der Waals surface area (Å²) < 4.78 is 31.6. The van der Waals surface area contributed by atoms with Crippen molar-refractivity contribution in [2.24, 2.45) is 0 Å². The Bertz CT molecular complexity index is 1010. The van der Waals surface area contributed by atoms with Crippen molar-refractivity contribution < 1.29 is 22.7 Å². The molecule has 29 heavy (non-hydrogen) atoms. The van der Waals surface area contributed by atoms with Crippen LogP contribution in [0, 0.1) is 12.3 Å². The Morgan fingerprint density at radius 1 is 1.07 bits per heavy atom. The molecule has 0 spiro atoms. The predicted molar refractivity (Wildman–Crippen MR) is 109 cm³/mol. The maximum Gasteiger partial charge on any atom is 0.259 e. The molecule has 0 bridgehead atoms. The zero-order valence-corrected chi connectivity index (χ0v) is 16.8. The molecule has 0 saturated carbocycles. The van der Waals surface area contributed by atoms with Gasteiger partial charge in [-0.25, -0.2) is 8.42 Å². The van der Waals surface area contributed by atoms with Crippen molar-refractivity contribution in [1.82, 2.24) is 9.62 Å². The summed E-state index contributed by atoms with van der Waals surface area (Å²) in [6, 6.07) is 12.0. The third kappa shape index (κ3) is 6.34. The van der Waals surface area contributed by atoms with Gasteiger partial charge in [0.25, 0.3) is 11.8 Å². The predicted octanol–water partition coefficient (Wildman–Crippen LogP) is 1.32. The van der Waals surface area contributed by atoms with Crippen molar-refractivity contribution in [3.8, 4) is 18.1 Å². The molecule has 2 aromatic carbocycles. The van der Waals surface area contributed by atoms with Gasteiger partial charge in [-0.2, -0.15) is 4.72 Å². The van der Waals surface area contributed by atoms with Crippen molar-refractivity contribution in [2.75, 3.05) is 32.6 Å². The monoisotopic (exact) mass is 415 g/mol. The van der Waals surface area contributed by atoms with Crippen LogP contribution in [0.15, 0.2) is 53.4 Å². The van der Waals surface area contributed by atoms with E-state index in [1.807, 2.05) is 0 Å². The van der Waals surface area contributed by atoms with Crippen molar-refractivity contribution in [3.63, 3.8) is 0 Å². The van der Waals surface area contributed by atoms with Gasteiger partial charge in [-0.05, 0) is 48.5 Å². The Kier molecular flexibility index (Phi) is 7.36. The summed E-state index contributed by atoms with van der Waals surface area (Å²) in [6.07, 6.45) is 5.05. The fourth-order valence-corrected chi connectivity index (χ4v) is 3.05. The lowest BCUT2D eigenvalue weighted by Gasteiger charge is -2.12. The Balaban J connectivity index is 1.98. The Hall–Kier alpha value is -3.35. The molecule has 0 fully saturated rings. The molecule has 0 aliphatic carbocycles. The SMILES string of the molecule is C#CCNS(=O)(=O)c1ccc(C(=O)Nc2ccc(OCC(=O)N(C)C)cc2)cc1. The van der Waals surface area contributed by atoms with Crippen LogP contribution < -0.4 is 14.8 Å². The molecule has 0 heterocycles. The van der Waals surface area contributed by atoms with Gasteiger partial charge in [0.05, 0.1) is 11.4 Å². The summed E-state index contributed by atoms with van der Waals surface area (Å²) >= 11 is 0. The normalized spacial score (nSPS) is 10.7. The van der Waals surface area contributed by atoms with Gasteiger partial charge in [0.15, 0.2) is 6.61 Å². The molecule has 0 aliphatic rings. The van der Waals surface area contributed by atoms with Crippen LogP contribution in [0.25, 0.3) is 0 Å². The fourth-order valence-electron chi connectivity index (χ4n) is 2.12. The summed E-state index contributed by atoms with van der Waals surface area (Å²) in [5.74, 6) is 2.12. The molecule has 2 N–H and O–H groups in total. The number of carbonyl (C=O) groups excluding carboxylic acids is 2. The zero-order chi connectivity index (χ0) is 21.4. The van der Waals surface area contributed by atoms with Crippen LogP contribution in [0.1, 0.15) is 10.4 Å². The number of amides is 2. The molecule has 0 aliphatic heterocycles. The second-order valence-corrected chi connectivity index (χ2v) is 7.88. The number of likely N-dealkylation sites (N-methyl/N-ethyl adjacent to an activating group) is 1. The lowest BCUT2D eigenvalue weighted by Crippen LogP contribution is -2.27. The number of ether oxygens (including phenoxy) is 1. The van der Waals surface area contributed by atoms with Crippen molar-refractivity contribution in [2.45, 2.75) is 4.90 Å². The van der Waals surface area contributed by atoms with E-state index in [4.69, 9.17) is 11.2 Å². The van der Waals surface area contributed by atoms with Gasteiger partial charge in [0, 0.05) is 25.3 Å². The lowest BCUT2D eigenvalue weighted by molar-refractivity contribution is -0.130. The van der Waals surface area contributed by atoms with Crippen LogP contribution in [0.2, 0.25) is 0 Å². The number of nitrogens with zero attached hydrogens (tertiary/aromatic N) is 1. The Morgan fingerprint density at radius 2 is 1.69 bits per heavy atom. The van der Waals surface area contributed by atoms with Crippen LogP contribution >= 0.6 is 0 Å². The summed E-state index contributed by atoms with van der Waals surface area (Å²) in [5.41, 5.74) is 0.812. The number of benzene rings is 2. The average molecular weight is 415 g/mol. The molecule has 2 rings (SSSR count). The van der Waals surface area contributed by atoms with E-state index in [2.05, 4.69) is 16.0 Å². The van der Waals surface area contributed by atoms with Crippen LogP contribution in [0.3, 0.4) is 0 Å². The van der Waals surface area contributed by atoms with Gasteiger partial charge < -0.3 is 15.0 Å². The second kappa shape index (κ2) is 9.73. The quantitative estimate of drug-likeness (QED) is 0.633. The molecule has 9 heteroatoms. The first-order valence-corrected chi connectivity index (χ1v) is 9.99. The maximum absolute atomic E-state index is 12.3. The Labute approximate surface area is 169 Å². The minimum Gasteiger partial charge on any atom is -0.484 e. The summed E-state index contributed by atoms with van der Waals surface area (Å²) in [4.78, 5) is 25.3. The largest absolute Gasteiger partial charge is 0.484 e. The first kappa shape index (κ1) is 21.9. The fraction of sp³-hybridized carbons (Fsp3) is 0.200. The highest BCUT2D eigenvalue weighted by Gasteiger charge is 2.14. The molecule has 2 amide bonds. The smallest absolute Gasteiger partial charge is 0.259 e. The maximum atomic E-state index is 12.3. The molecule has 0 aromatic heterocycles. The highest BCUT2D eigenvalue weighted by atomic mass is 32.2. The van der Waals surface area contributed by atoms with Crippen LogP contribution in [0.4, 0.5) is 5.69 Å². The van der Waals surface area contributed by atoms with Crippen LogP contribution in [-0.4, -0.2) is 52.4 Å². The number of hydrogen-bond donors (Lipinski definition) is 2. The van der Waals surface area contributed by atoms with Crippen LogP contribution in [0.5, 0.6) is 5.75 Å². The highest BCUT2D eigenvalue weighted by molar-refractivity contribution is 7.89. The molecule has 152 valence electrons. The minimum absolute atomic E-state index is 0.0121. The van der Waals surface area contributed by atoms with Crippen molar-refractivity contribution >= 4 is 27.5 Å². The van der Waals surface area contributed by atoms with E-state index < -0.39 is 15.9 Å². The van der Waals surface area contributed by atoms with E-state index in [1.165, 1.54) is 29.2 Å². The van der Waals surface area contributed by atoms with E-state index in [-0.39, 0.29) is 29.5 Å². The number of hydrogen-bond acceptors (Lipinski definition) is 5. The van der Waals surface area contributed by atoms with Gasteiger partial charge in [0.2, 0.25) is 10.0 Å². The molecule has 0 saturated heterocycles. The average Bonchev–Trinajstić information content (AvgIpc) is 2.71. The van der Waals surface area contributed by atoms with Gasteiger partial charge in [-0.15, -0.1) is 6.42 Å². The number of anilines is 1. The van der Waals surface area contributed by atoms with E-state index in [0.717, 1.165) is 0 Å². The molecular weight excluding hydrogens is 394 g/mol. The molecular formula is C20H21N3O5S. The molecule has 0 atom stereocenters. The van der Waals surface area contributed by atoms with E-state index in [9.17, 15) is 18.0 Å². The number of sulfonamides is 1. The van der Waals surface area contributed by atoms with Crippen molar-refractivity contribution in [1.29, 1.82) is 0 Å². The van der Waals surface area contributed by atoms with E-state index in [0.29, 0.717) is 11.4 Å². The number of rotatable bonds is 8. The number of carbonyl (C=O) groups is 2. The van der Waals surface area contributed by atoms with Gasteiger partial charge >= 0.3 is 0 Å². The molecule has 2 aromatic rings. The van der Waals surface area contributed by atoms with Crippen molar-refractivity contribution in [3.05, 3.63) is 54.1 Å². The topological polar surface area (TPSA) is 105 Å². The zero-order valence-electron chi connectivity index (χ0n) is 16.0. The minimum atomic E-state index is -3.71. The highest BCUT2D eigenvalue weighted by Crippen LogP contribution is 2.17. The second-order valence-electron chi connectivity index (χ2n) is 6.11. The molecule has 8 nitrogen and oxygen atoms in total. The van der Waals surface area contributed by atoms with E-state index >= 15 is 0 Å². The third-order valence-corrected chi connectivity index (χ3v) is 5.18. The van der Waals surface area contributed by atoms with Gasteiger partial charge in [-0.3, -0.25) is 9.59 Å². The van der Waals surface area contributed by atoms with E-state index in [1.54, 1.807) is 38.4 Å². The first-order valence-electron chi connectivity index (χ1n) is 8.50. The molecule has 0 radical (unpaired) electrons. The lowest BCUT2D eigenvalue weighted by atomic mass is 10.2. The summed E-state index contributed by atoms with van der Waals surface area (Å²) in [6.45, 7) is -0.197. The number of terminal acetylenes is 1. The van der Waals surface area contributed by atoms with Gasteiger partial charge in [-0.1, -0.05) is 5.92 Å². The Morgan fingerprint density at radius 3 is 2.24 bits per heavy atom. The van der Waals surface area contributed by atoms with Gasteiger partial charge in [0.1, 0.15) is 5.75 Å². The molecule has 0 unspecified atom stereocenters. The standard InChI is InChI=1S/C20H21N3O5S/c1-4-13-21-29(26,27)18-11-5-15(6-12-18)20(25)22-16-7-9-17(10-8-16)28-14-19(24)23(2)3/h1,5-12,21H,13-14H2,2-3H3,(H,22,25). The summed E-state index contributed by atoms with van der Waals surface area (Å²) in [7, 11) is -0.433. The third-order valence-electron chi connectivity index (χ3n) is 3.76. The first-order chi connectivity index (χ1) is 13.7. The summed E-state index contributed by atoms with van der Waals surface area (Å²) in [5, 5.41) is 2.70.